The number of cyclic esters (lactones) is 1. The summed E-state index contributed by atoms with van der Waals surface area (Å²) in [5, 5.41) is 3.01. The summed E-state index contributed by atoms with van der Waals surface area (Å²) in [6, 6.07) is 24.2. The fourth-order valence-corrected chi connectivity index (χ4v) is 5.03. The van der Waals surface area contributed by atoms with Crippen LogP contribution in [-0.2, 0) is 16.1 Å². The summed E-state index contributed by atoms with van der Waals surface area (Å²) in [5.74, 6) is -0.0317. The molecular formula is C29H33ClN4O3. The van der Waals surface area contributed by atoms with E-state index in [2.05, 4.69) is 33.3 Å². The van der Waals surface area contributed by atoms with E-state index in [0.717, 1.165) is 59.8 Å². The number of hydrogen-bond donors (Lipinski definition) is 1. The molecule has 0 spiro atoms. The van der Waals surface area contributed by atoms with E-state index in [0.29, 0.717) is 13.2 Å². The predicted octanol–water partition coefficient (Wildman–Crippen LogP) is 5.74. The van der Waals surface area contributed by atoms with Crippen LogP contribution in [0.1, 0.15) is 24.0 Å². The first-order valence-corrected chi connectivity index (χ1v) is 12.4. The van der Waals surface area contributed by atoms with Crippen molar-refractivity contribution in [2.75, 3.05) is 41.8 Å². The third-order valence-corrected chi connectivity index (χ3v) is 7.01. The summed E-state index contributed by atoms with van der Waals surface area (Å²) in [5.41, 5.74) is 6.10. The largest absolute Gasteiger partial charge is 0.444 e. The van der Waals surface area contributed by atoms with Gasteiger partial charge in [0, 0.05) is 48.8 Å². The van der Waals surface area contributed by atoms with Crippen LogP contribution >= 0.6 is 12.4 Å². The number of rotatable bonds is 6. The Bertz CT molecular complexity index is 1230. The molecule has 2 heterocycles. The molecule has 2 aliphatic rings. The van der Waals surface area contributed by atoms with Gasteiger partial charge in [-0.25, -0.2) is 4.79 Å². The summed E-state index contributed by atoms with van der Waals surface area (Å²) in [4.78, 5) is 31.3. The summed E-state index contributed by atoms with van der Waals surface area (Å²) < 4.78 is 5.44. The fourth-order valence-electron chi connectivity index (χ4n) is 5.03. The molecule has 0 saturated carbocycles. The highest BCUT2D eigenvalue weighted by Gasteiger charge is 2.34. The number of benzene rings is 3. The van der Waals surface area contributed by atoms with Crippen molar-refractivity contribution in [1.29, 1.82) is 0 Å². The van der Waals surface area contributed by atoms with Crippen molar-refractivity contribution >= 4 is 47.2 Å². The molecule has 7 nitrogen and oxygen atoms in total. The maximum Gasteiger partial charge on any atom is 0.414 e. The number of amides is 2. The number of carbonyl (C=O) groups is 2. The molecule has 3 aromatic rings. The molecule has 1 fully saturated rings. The lowest BCUT2D eigenvalue weighted by Crippen LogP contribution is -2.50. The molecule has 2 aliphatic heterocycles. The van der Waals surface area contributed by atoms with Crippen LogP contribution in [0.4, 0.5) is 27.5 Å². The van der Waals surface area contributed by atoms with Gasteiger partial charge in [-0.1, -0.05) is 35.9 Å². The number of carbonyl (C=O) groups excluding carboxylic acids is 2. The van der Waals surface area contributed by atoms with E-state index in [1.165, 1.54) is 0 Å². The van der Waals surface area contributed by atoms with Crippen LogP contribution < -0.4 is 15.1 Å². The van der Waals surface area contributed by atoms with Crippen molar-refractivity contribution in [3.8, 4) is 0 Å². The van der Waals surface area contributed by atoms with Crippen LogP contribution in [0, 0.1) is 6.92 Å². The monoisotopic (exact) mass is 520 g/mol. The number of halogens is 1. The molecule has 0 aliphatic carbocycles. The van der Waals surface area contributed by atoms with E-state index >= 15 is 0 Å². The van der Waals surface area contributed by atoms with Crippen molar-refractivity contribution in [3.63, 3.8) is 0 Å². The summed E-state index contributed by atoms with van der Waals surface area (Å²) in [7, 11) is 2.02. The first kappa shape index (κ1) is 26.5. The van der Waals surface area contributed by atoms with E-state index in [1.807, 2.05) is 73.5 Å². The molecular weight excluding hydrogens is 488 g/mol. The first-order chi connectivity index (χ1) is 17.5. The van der Waals surface area contributed by atoms with Gasteiger partial charge in [-0.3, -0.25) is 14.6 Å². The first-order valence-electron chi connectivity index (χ1n) is 12.4. The van der Waals surface area contributed by atoms with Crippen LogP contribution in [0.25, 0.3) is 0 Å². The second kappa shape index (κ2) is 11.7. The molecule has 194 valence electrons. The van der Waals surface area contributed by atoms with Crippen LogP contribution in [0.15, 0.2) is 72.8 Å². The van der Waals surface area contributed by atoms with Gasteiger partial charge in [-0.05, 0) is 62.2 Å². The topological polar surface area (TPSA) is 65.1 Å². The van der Waals surface area contributed by atoms with Crippen LogP contribution in [0.5, 0.6) is 0 Å². The minimum atomic E-state index is -0.274. The van der Waals surface area contributed by atoms with Gasteiger partial charge in [0.1, 0.15) is 6.61 Å². The predicted molar refractivity (Wildman–Crippen MR) is 150 cm³/mol. The minimum absolute atomic E-state index is 0. The molecule has 2 amide bonds. The number of hydrogen-bond acceptors (Lipinski definition) is 5. The summed E-state index contributed by atoms with van der Waals surface area (Å²) >= 11 is 0. The number of para-hydroxylation sites is 1. The van der Waals surface area contributed by atoms with Gasteiger partial charge in [0.05, 0.1) is 12.2 Å². The van der Waals surface area contributed by atoms with Gasteiger partial charge in [0.25, 0.3) is 0 Å². The average Bonchev–Trinajstić information content (AvgIpc) is 2.90. The Morgan fingerprint density at radius 1 is 1.00 bits per heavy atom. The van der Waals surface area contributed by atoms with Gasteiger partial charge >= 0.3 is 6.09 Å². The highest BCUT2D eigenvalue weighted by atomic mass is 35.5. The summed E-state index contributed by atoms with van der Waals surface area (Å²) in [6.45, 7) is 4.21. The van der Waals surface area contributed by atoms with E-state index < -0.39 is 0 Å². The Balaban J connectivity index is 0.00000320. The Hall–Kier alpha value is -3.55. The zero-order valence-electron chi connectivity index (χ0n) is 21.2. The SMILES string of the molecule is Cc1ccc2c(c1)COC(=O)N2C1CCN(CC(=O)Nc2ccc(N(C)c3ccccc3)cc2)CC1.Cl. The smallest absolute Gasteiger partial charge is 0.414 e. The standard InChI is InChI=1S/C29H32N4O3.ClH/c1-21-8-13-27-22(18-21)20-36-29(35)33(27)26-14-16-32(17-15-26)19-28(34)30-23-9-11-25(12-10-23)31(2)24-6-4-3-5-7-24;/h3-13,18,26H,14-17,19-20H2,1-2H3,(H,30,34);1H. The van der Waals surface area contributed by atoms with Gasteiger partial charge in [-0.2, -0.15) is 0 Å². The van der Waals surface area contributed by atoms with Gasteiger partial charge < -0.3 is 15.0 Å². The van der Waals surface area contributed by atoms with Crippen LogP contribution in [-0.4, -0.2) is 49.6 Å². The number of nitrogens with one attached hydrogen (secondary N) is 1. The molecule has 0 unspecified atom stereocenters. The molecule has 5 rings (SSSR count). The van der Waals surface area contributed by atoms with Crippen LogP contribution in [0.2, 0.25) is 0 Å². The molecule has 8 heteroatoms. The second-order valence-electron chi connectivity index (χ2n) is 9.55. The number of nitrogens with zero attached hydrogens (tertiary/aromatic N) is 3. The lowest BCUT2D eigenvalue weighted by Gasteiger charge is -2.40. The molecule has 3 aromatic carbocycles. The number of aryl methyl sites for hydroxylation is 1. The molecule has 0 aromatic heterocycles. The van der Waals surface area contributed by atoms with Crippen molar-refractivity contribution in [2.45, 2.75) is 32.4 Å². The highest BCUT2D eigenvalue weighted by molar-refractivity contribution is 5.93. The normalized spacial score (nSPS) is 15.8. The Labute approximate surface area is 224 Å². The number of piperidine rings is 1. The molecule has 37 heavy (non-hydrogen) atoms. The molecule has 1 N–H and O–H groups in total. The number of ether oxygens (including phenoxy) is 1. The molecule has 0 atom stereocenters. The van der Waals surface area contributed by atoms with Gasteiger partial charge in [0.2, 0.25) is 5.91 Å². The van der Waals surface area contributed by atoms with Crippen molar-refractivity contribution in [1.82, 2.24) is 4.90 Å². The third kappa shape index (κ3) is 6.06. The maximum absolute atomic E-state index is 12.7. The van der Waals surface area contributed by atoms with Crippen LogP contribution in [0.3, 0.4) is 0 Å². The average molecular weight is 521 g/mol. The highest BCUT2D eigenvalue weighted by Crippen LogP contribution is 2.32. The minimum Gasteiger partial charge on any atom is -0.444 e. The lowest BCUT2D eigenvalue weighted by molar-refractivity contribution is -0.117. The number of likely N-dealkylation sites (tertiary alicyclic amines) is 1. The Kier molecular flexibility index (Phi) is 8.36. The second-order valence-corrected chi connectivity index (χ2v) is 9.55. The quantitative estimate of drug-likeness (QED) is 0.448. The van der Waals surface area contributed by atoms with E-state index in [1.54, 1.807) is 0 Å². The Morgan fingerprint density at radius 2 is 1.68 bits per heavy atom. The van der Waals surface area contributed by atoms with E-state index in [9.17, 15) is 9.59 Å². The molecule has 0 radical (unpaired) electrons. The van der Waals surface area contributed by atoms with Crippen molar-refractivity contribution < 1.29 is 14.3 Å². The van der Waals surface area contributed by atoms with E-state index in [-0.39, 0.29) is 30.4 Å². The zero-order valence-corrected chi connectivity index (χ0v) is 22.0. The molecule has 0 bridgehead atoms. The lowest BCUT2D eigenvalue weighted by atomic mass is 10.00. The van der Waals surface area contributed by atoms with Gasteiger partial charge in [0.15, 0.2) is 0 Å². The number of anilines is 4. The van der Waals surface area contributed by atoms with Gasteiger partial charge in [-0.15, -0.1) is 12.4 Å². The third-order valence-electron chi connectivity index (χ3n) is 7.01. The zero-order chi connectivity index (χ0) is 25.1. The van der Waals surface area contributed by atoms with Crippen molar-refractivity contribution in [2.24, 2.45) is 0 Å². The van der Waals surface area contributed by atoms with E-state index in [4.69, 9.17) is 4.74 Å². The number of fused-ring (bicyclic) bond motifs is 1. The Morgan fingerprint density at radius 3 is 2.38 bits per heavy atom. The van der Waals surface area contributed by atoms with Crippen molar-refractivity contribution in [3.05, 3.63) is 83.9 Å². The maximum atomic E-state index is 12.7. The fraction of sp³-hybridized carbons (Fsp3) is 0.310. The molecule has 1 saturated heterocycles. The summed E-state index contributed by atoms with van der Waals surface area (Å²) in [6.07, 6.45) is 1.33.